The standard InChI is InChI=1S/2Mo.7H2O9.3Zn/c;;7*1-3-5-7-9-8-6-4-2;;;/h;;7*1-2H;;;/q2*+4;;;;;;;;3*+2/p-14. The third-order valence-corrected chi connectivity index (χ3v) is 1.17. The Morgan fingerprint density at radius 2 is 0.147 bits per heavy atom. The number of hydrogen-bond donors (Lipinski definition) is 0. The van der Waals surface area contributed by atoms with E-state index < -0.39 is 0 Å². The van der Waals surface area contributed by atoms with Gasteiger partial charge < -0.3 is 73.6 Å². The largest absolute Gasteiger partial charge is 4.00 e. The van der Waals surface area contributed by atoms with Crippen molar-refractivity contribution in [3.05, 3.63) is 0 Å². The van der Waals surface area contributed by atoms with E-state index in [1.54, 1.807) is 0 Å². The third kappa shape index (κ3) is 158. The van der Waals surface area contributed by atoms with Gasteiger partial charge >= 0.3 is 101 Å². The molecule has 68 heavy (non-hydrogen) atoms. The van der Waals surface area contributed by atoms with Gasteiger partial charge in [-0.2, -0.15) is 0 Å². The Hall–Kier alpha value is 0.727. The predicted molar refractivity (Wildman–Crippen MR) is 53.2 cm³/mol. The Balaban J connectivity index is -0.0000000532. The van der Waals surface area contributed by atoms with E-state index in [1.807, 2.05) is 0 Å². The zero-order chi connectivity index (χ0) is 48.6. The van der Waals surface area contributed by atoms with Gasteiger partial charge in [-0.05, 0) is 176 Å². The van der Waals surface area contributed by atoms with Gasteiger partial charge in [-0.3, -0.25) is 70.5 Å². The van der Waals surface area contributed by atoms with E-state index in [2.05, 4.69) is 247 Å². The monoisotopic (exact) mass is 1400 g/mol. The van der Waals surface area contributed by atoms with Crippen molar-refractivity contribution in [2.75, 3.05) is 0 Å². The van der Waals surface area contributed by atoms with Crippen molar-refractivity contribution in [1.29, 1.82) is 0 Å². The minimum Gasteiger partial charge on any atom is -0.689 e. The molecule has 0 radical (unpaired) electrons. The summed E-state index contributed by atoms with van der Waals surface area (Å²) in [6, 6.07) is 0. The van der Waals surface area contributed by atoms with Crippen molar-refractivity contribution >= 4 is 0 Å². The first-order chi connectivity index (χ1) is 30.9. The Morgan fingerprint density at radius 3 is 0.191 bits per heavy atom. The molecule has 0 atom stereocenters. The van der Waals surface area contributed by atoms with Crippen molar-refractivity contribution in [1.82, 2.24) is 0 Å². The fourth-order valence-electron chi connectivity index (χ4n) is 0.397. The molecular weight excluding hydrogens is 1400 g/mol. The molecule has 0 amide bonds. The van der Waals surface area contributed by atoms with Gasteiger partial charge in [0, 0.05) is 0 Å². The molecule has 0 aliphatic heterocycles. The second-order valence-electron chi connectivity index (χ2n) is 3.33. The molecule has 0 saturated heterocycles. The van der Waals surface area contributed by atoms with Gasteiger partial charge in [0.1, 0.15) is 0 Å². The summed E-state index contributed by atoms with van der Waals surface area (Å²) >= 11 is 0. The zero-order valence-electron chi connectivity index (χ0n) is 28.7. The van der Waals surface area contributed by atoms with Crippen LogP contribution in [0.5, 0.6) is 0 Å². The van der Waals surface area contributed by atoms with Crippen LogP contribution in [0.2, 0.25) is 0 Å². The van der Waals surface area contributed by atoms with Crippen molar-refractivity contribution in [2.24, 2.45) is 0 Å². The molecule has 0 fully saturated rings. The van der Waals surface area contributed by atoms with Gasteiger partial charge in [0.2, 0.25) is 0 Å². The average Bonchev–Trinajstić information content (AvgIpc) is 3.30. The molecular formula is Mo2O63Zn3. The molecule has 0 aliphatic rings. The van der Waals surface area contributed by atoms with Gasteiger partial charge in [0.25, 0.3) is 0 Å². The normalized spacial score (nSPS) is 9.26. The molecule has 68 heteroatoms. The van der Waals surface area contributed by atoms with E-state index in [-0.39, 0.29) is 101 Å². The van der Waals surface area contributed by atoms with Crippen molar-refractivity contribution in [3.63, 3.8) is 0 Å². The van der Waals surface area contributed by atoms with Crippen LogP contribution in [0.25, 0.3) is 0 Å². The zero-order valence-corrected chi connectivity index (χ0v) is 41.6. The second-order valence-corrected chi connectivity index (χ2v) is 3.33. The van der Waals surface area contributed by atoms with E-state index in [0.717, 1.165) is 0 Å². The van der Waals surface area contributed by atoms with Crippen LogP contribution < -0.4 is 73.6 Å². The molecule has 0 aromatic carbocycles. The fraction of sp³-hybridized carbons (Fsp3) is 0. The molecule has 0 heterocycles. The molecule has 0 aliphatic carbocycles. The van der Waals surface area contributed by atoms with Crippen LogP contribution in [0.4, 0.5) is 0 Å². The van der Waals surface area contributed by atoms with E-state index in [0.29, 0.717) is 0 Å². The topological polar surface area (TPSA) is 775 Å². The molecule has 0 N–H and O–H groups in total. The van der Waals surface area contributed by atoms with Crippen LogP contribution in [-0.4, -0.2) is 0 Å². The minimum atomic E-state index is 0. The van der Waals surface area contributed by atoms with Crippen molar-refractivity contribution in [2.45, 2.75) is 0 Å². The molecule has 0 rings (SSSR count). The molecule has 0 aromatic heterocycles. The van der Waals surface area contributed by atoms with Crippen LogP contribution in [0, 0.1) is 0 Å². The van der Waals surface area contributed by atoms with Gasteiger partial charge in [0.05, 0.1) is 0 Å². The first-order valence-electron chi connectivity index (χ1n) is 9.33. The molecule has 0 bridgehead atoms. The van der Waals surface area contributed by atoms with E-state index in [1.165, 1.54) is 0 Å². The van der Waals surface area contributed by atoms with Gasteiger partial charge in [-0.1, -0.05) is 0 Å². The Morgan fingerprint density at radius 1 is 0.103 bits per heavy atom. The van der Waals surface area contributed by atoms with E-state index >= 15 is 0 Å². The molecule has 396 valence electrons. The third-order valence-electron chi connectivity index (χ3n) is 1.17. The Kier molecular flexibility index (Phi) is 176. The van der Waals surface area contributed by atoms with Crippen LogP contribution in [-0.2, 0) is 347 Å². The Bertz CT molecular complexity index is 401. The summed E-state index contributed by atoms with van der Waals surface area (Å²) in [6.45, 7) is 0. The van der Waals surface area contributed by atoms with Gasteiger partial charge in [-0.15, -0.1) is 0 Å². The first kappa shape index (κ1) is 98.0. The SMILES string of the molecule is [Mo+4].[Mo+4].[O-]OOOOOOO[O-].[O-]OOOOOOO[O-].[O-]OOOOOOO[O-].[O-]OOOOOOO[O-].[O-]OOOOOOO[O-].[O-]OOOOOOO[O-].[O-]OOOOOOO[O-].[Zn+2].[Zn+2].[Zn+2]. The summed E-state index contributed by atoms with van der Waals surface area (Å²) in [5.74, 6) is 0. The number of rotatable bonds is 42. The van der Waals surface area contributed by atoms with Crippen LogP contribution in [0.3, 0.4) is 0 Å². The van der Waals surface area contributed by atoms with Crippen LogP contribution in [0.15, 0.2) is 0 Å². The van der Waals surface area contributed by atoms with Crippen molar-refractivity contribution < 1.29 is 421 Å². The summed E-state index contributed by atoms with van der Waals surface area (Å²) in [6.07, 6.45) is 0. The molecule has 63 nitrogen and oxygen atoms in total. The maximum atomic E-state index is 8.85. The summed E-state index contributed by atoms with van der Waals surface area (Å²) in [5.41, 5.74) is 0. The second kappa shape index (κ2) is 122. The summed E-state index contributed by atoms with van der Waals surface area (Å²) in [5, 5.41) is 269. The first-order valence-corrected chi connectivity index (χ1v) is 9.33. The predicted octanol–water partition coefficient (Wildman–Crippen LogP) is -20.0. The maximum Gasteiger partial charge on any atom is 4.00 e. The van der Waals surface area contributed by atoms with Gasteiger partial charge in [-0.25, -0.2) is 0 Å². The molecule has 0 spiro atoms. The van der Waals surface area contributed by atoms with Crippen molar-refractivity contribution in [3.8, 4) is 0 Å². The molecule has 0 saturated carbocycles. The van der Waals surface area contributed by atoms with E-state index in [4.69, 9.17) is 73.6 Å². The fourth-order valence-corrected chi connectivity index (χ4v) is 0.397. The molecule has 0 unspecified atom stereocenters. The maximum absolute atomic E-state index is 8.85. The smallest absolute Gasteiger partial charge is 0.689 e. The summed E-state index contributed by atoms with van der Waals surface area (Å²) < 4.78 is 0. The quantitative estimate of drug-likeness (QED) is 0.0237. The summed E-state index contributed by atoms with van der Waals surface area (Å²) in [4.78, 5) is 0. The summed E-state index contributed by atoms with van der Waals surface area (Å²) in [7, 11) is 0. The minimum absolute atomic E-state index is 0. The van der Waals surface area contributed by atoms with Crippen LogP contribution in [0.1, 0.15) is 0 Å². The van der Waals surface area contributed by atoms with Crippen LogP contribution >= 0.6 is 0 Å². The van der Waals surface area contributed by atoms with E-state index in [9.17, 15) is 0 Å². The molecule has 0 aromatic rings. The number of hydrogen-bond acceptors (Lipinski definition) is 63. The Labute approximate surface area is 420 Å². The average molecular weight is 1400 g/mol. The van der Waals surface area contributed by atoms with Gasteiger partial charge in [0.15, 0.2) is 0 Å².